The van der Waals surface area contributed by atoms with E-state index in [1.807, 2.05) is 6.07 Å². The number of hydrogen-bond acceptors (Lipinski definition) is 3. The molecule has 0 saturated heterocycles. The minimum atomic E-state index is 0.334. The highest BCUT2D eigenvalue weighted by Gasteiger charge is 2.02. The maximum absolute atomic E-state index is 5.35. The summed E-state index contributed by atoms with van der Waals surface area (Å²) in [5, 5.41) is 0. The summed E-state index contributed by atoms with van der Waals surface area (Å²) < 4.78 is 5.07. The minimum absolute atomic E-state index is 0.334. The zero-order chi connectivity index (χ0) is 7.68. The van der Waals surface area contributed by atoms with Crippen molar-refractivity contribution >= 4 is 5.88 Å². The molecule has 0 bridgehead atoms. The highest BCUT2D eigenvalue weighted by Crippen LogP contribution is 2.18. The molecular weight excluding hydrogens is 142 g/mol. The molecule has 0 aliphatic heterocycles. The van der Waals surface area contributed by atoms with Crippen molar-refractivity contribution in [2.75, 3.05) is 5.73 Å². The van der Waals surface area contributed by atoms with Gasteiger partial charge in [-0.3, -0.25) is 0 Å². The van der Waals surface area contributed by atoms with E-state index >= 15 is 0 Å². The molecule has 11 heavy (non-hydrogen) atoms. The van der Waals surface area contributed by atoms with Crippen molar-refractivity contribution < 1.29 is 4.42 Å². The smallest absolute Gasteiger partial charge is 0.230 e. The molecular formula is C7H7N3O. The van der Waals surface area contributed by atoms with Crippen molar-refractivity contribution in [1.82, 2.24) is 9.97 Å². The predicted octanol–water partition coefficient (Wildman–Crippen LogP) is 1.25. The molecule has 2 rings (SSSR count). The standard InChI is InChI=1S/C7H7N3O/c8-6-4-10-7(11-6)5-1-2-9-3-5/h1-4,9H,8H2. The van der Waals surface area contributed by atoms with Gasteiger partial charge in [0, 0.05) is 12.4 Å². The average Bonchev–Trinajstić information content (AvgIpc) is 2.55. The van der Waals surface area contributed by atoms with E-state index in [1.54, 1.807) is 12.4 Å². The first-order valence-corrected chi connectivity index (χ1v) is 3.21. The SMILES string of the molecule is Nc1cnc(-c2cc[nH]c2)o1. The van der Waals surface area contributed by atoms with E-state index in [1.165, 1.54) is 6.20 Å². The summed E-state index contributed by atoms with van der Waals surface area (Å²) in [4.78, 5) is 6.84. The van der Waals surface area contributed by atoms with Crippen molar-refractivity contribution in [2.45, 2.75) is 0 Å². The van der Waals surface area contributed by atoms with Crippen LogP contribution in [0.3, 0.4) is 0 Å². The van der Waals surface area contributed by atoms with Crippen LogP contribution in [0, 0.1) is 0 Å². The summed E-state index contributed by atoms with van der Waals surface area (Å²) in [7, 11) is 0. The summed E-state index contributed by atoms with van der Waals surface area (Å²) in [6.07, 6.45) is 5.09. The van der Waals surface area contributed by atoms with Crippen molar-refractivity contribution in [2.24, 2.45) is 0 Å². The van der Waals surface area contributed by atoms with Gasteiger partial charge in [0.1, 0.15) is 0 Å². The lowest BCUT2D eigenvalue weighted by Crippen LogP contribution is -1.75. The van der Waals surface area contributed by atoms with E-state index < -0.39 is 0 Å². The third-order valence-corrected chi connectivity index (χ3v) is 1.37. The van der Waals surface area contributed by atoms with Gasteiger partial charge >= 0.3 is 0 Å². The van der Waals surface area contributed by atoms with Crippen molar-refractivity contribution in [3.8, 4) is 11.5 Å². The number of nitrogens with two attached hydrogens (primary N) is 1. The third kappa shape index (κ3) is 0.980. The quantitative estimate of drug-likeness (QED) is 0.641. The zero-order valence-electron chi connectivity index (χ0n) is 5.74. The van der Waals surface area contributed by atoms with Gasteiger partial charge in [-0.15, -0.1) is 0 Å². The molecule has 0 atom stereocenters. The van der Waals surface area contributed by atoms with Crippen molar-refractivity contribution in [3.05, 3.63) is 24.7 Å². The van der Waals surface area contributed by atoms with Gasteiger partial charge < -0.3 is 15.1 Å². The van der Waals surface area contributed by atoms with Gasteiger partial charge in [0.05, 0.1) is 11.8 Å². The van der Waals surface area contributed by atoms with Crippen molar-refractivity contribution in [3.63, 3.8) is 0 Å². The summed E-state index contributed by atoms with van der Waals surface area (Å²) in [5.41, 5.74) is 6.25. The predicted molar refractivity (Wildman–Crippen MR) is 40.7 cm³/mol. The Bertz CT molecular complexity index is 336. The normalized spacial score (nSPS) is 10.2. The first-order valence-electron chi connectivity index (χ1n) is 3.21. The van der Waals surface area contributed by atoms with Gasteiger partial charge in [-0.1, -0.05) is 0 Å². The molecule has 4 nitrogen and oxygen atoms in total. The Morgan fingerprint density at radius 3 is 3.00 bits per heavy atom. The lowest BCUT2D eigenvalue weighted by molar-refractivity contribution is 0.594. The van der Waals surface area contributed by atoms with Gasteiger partial charge in [0.15, 0.2) is 0 Å². The molecule has 0 aliphatic rings. The molecule has 0 fully saturated rings. The lowest BCUT2D eigenvalue weighted by Gasteiger charge is -1.84. The maximum Gasteiger partial charge on any atom is 0.230 e. The number of nitrogens with zero attached hydrogens (tertiary/aromatic N) is 1. The van der Waals surface area contributed by atoms with Crippen molar-refractivity contribution in [1.29, 1.82) is 0 Å². The van der Waals surface area contributed by atoms with E-state index in [0.29, 0.717) is 11.8 Å². The molecule has 0 amide bonds. The van der Waals surface area contributed by atoms with Gasteiger partial charge in [0.2, 0.25) is 11.8 Å². The monoisotopic (exact) mass is 149 g/mol. The number of H-pyrrole nitrogens is 1. The molecule has 0 saturated carbocycles. The van der Waals surface area contributed by atoms with Gasteiger partial charge in [-0.2, -0.15) is 0 Å². The molecule has 0 aliphatic carbocycles. The zero-order valence-corrected chi connectivity index (χ0v) is 5.74. The minimum Gasteiger partial charge on any atom is -0.421 e. The lowest BCUT2D eigenvalue weighted by atomic mass is 10.3. The van der Waals surface area contributed by atoms with Gasteiger partial charge in [-0.25, -0.2) is 4.98 Å². The summed E-state index contributed by atoms with van der Waals surface area (Å²) in [6, 6.07) is 1.87. The highest BCUT2D eigenvalue weighted by atomic mass is 16.4. The van der Waals surface area contributed by atoms with Crippen LogP contribution in [0.2, 0.25) is 0 Å². The fourth-order valence-electron chi connectivity index (χ4n) is 0.877. The first-order chi connectivity index (χ1) is 5.36. The van der Waals surface area contributed by atoms with Crippen LogP contribution in [-0.2, 0) is 0 Å². The second kappa shape index (κ2) is 2.16. The number of aromatic amines is 1. The second-order valence-electron chi connectivity index (χ2n) is 2.17. The molecule has 2 heterocycles. The first kappa shape index (κ1) is 6.03. The molecule has 0 unspecified atom stereocenters. The summed E-state index contributed by atoms with van der Waals surface area (Å²) in [5.74, 6) is 0.880. The Morgan fingerprint density at radius 2 is 2.45 bits per heavy atom. The summed E-state index contributed by atoms with van der Waals surface area (Å²) >= 11 is 0. The molecule has 2 aromatic rings. The molecule has 56 valence electrons. The van der Waals surface area contributed by atoms with Crippen LogP contribution in [0.4, 0.5) is 5.88 Å². The van der Waals surface area contributed by atoms with E-state index in [9.17, 15) is 0 Å². The Hall–Kier alpha value is -1.71. The number of hydrogen-bond donors (Lipinski definition) is 2. The Labute approximate surface area is 63.1 Å². The van der Waals surface area contributed by atoms with Crippen LogP contribution in [-0.4, -0.2) is 9.97 Å². The number of oxazole rings is 1. The van der Waals surface area contributed by atoms with Gasteiger partial charge in [0.25, 0.3) is 0 Å². The Kier molecular flexibility index (Phi) is 1.18. The number of nitrogens with one attached hydrogen (secondary N) is 1. The Balaban J connectivity index is 2.45. The number of anilines is 1. The van der Waals surface area contributed by atoms with Crippen LogP contribution in [0.5, 0.6) is 0 Å². The largest absolute Gasteiger partial charge is 0.421 e. The maximum atomic E-state index is 5.35. The highest BCUT2D eigenvalue weighted by molar-refractivity contribution is 5.52. The second-order valence-corrected chi connectivity index (χ2v) is 2.17. The molecule has 0 aromatic carbocycles. The number of rotatable bonds is 1. The van der Waals surface area contributed by atoms with E-state index in [2.05, 4.69) is 9.97 Å². The van der Waals surface area contributed by atoms with Crippen LogP contribution in [0.25, 0.3) is 11.5 Å². The molecule has 0 radical (unpaired) electrons. The van der Waals surface area contributed by atoms with Gasteiger partial charge in [-0.05, 0) is 6.07 Å². The summed E-state index contributed by atoms with van der Waals surface area (Å²) in [6.45, 7) is 0. The van der Waals surface area contributed by atoms with Crippen LogP contribution in [0.1, 0.15) is 0 Å². The molecule has 3 N–H and O–H groups in total. The van der Waals surface area contributed by atoms with Crippen LogP contribution < -0.4 is 5.73 Å². The third-order valence-electron chi connectivity index (χ3n) is 1.37. The van der Waals surface area contributed by atoms with Crippen LogP contribution >= 0.6 is 0 Å². The Morgan fingerprint density at radius 1 is 1.55 bits per heavy atom. The molecule has 0 spiro atoms. The van der Waals surface area contributed by atoms with E-state index in [-0.39, 0.29) is 0 Å². The number of nitrogen functional groups attached to an aromatic ring is 1. The van der Waals surface area contributed by atoms with E-state index in [0.717, 1.165) is 5.56 Å². The molecule has 2 aromatic heterocycles. The molecule has 4 heteroatoms. The van der Waals surface area contributed by atoms with E-state index in [4.69, 9.17) is 10.2 Å². The fraction of sp³-hybridized carbons (Fsp3) is 0. The average molecular weight is 149 g/mol. The fourth-order valence-corrected chi connectivity index (χ4v) is 0.877. The number of aromatic nitrogens is 2. The van der Waals surface area contributed by atoms with Crippen LogP contribution in [0.15, 0.2) is 29.1 Å². The topological polar surface area (TPSA) is 67.8 Å².